The second-order valence-corrected chi connectivity index (χ2v) is 8.41. The molecule has 148 valence electrons. The van der Waals surface area contributed by atoms with Gasteiger partial charge in [0.25, 0.3) is 10.0 Å². The van der Waals surface area contributed by atoms with Crippen molar-refractivity contribution in [3.05, 3.63) is 78.4 Å². The van der Waals surface area contributed by atoms with Gasteiger partial charge in [0.2, 0.25) is 5.91 Å². The summed E-state index contributed by atoms with van der Waals surface area (Å²) in [4.78, 5) is 13.5. The number of hydrogen-bond acceptors (Lipinski definition) is 4. The zero-order valence-corrected chi connectivity index (χ0v) is 16.6. The normalized spacial score (nSPS) is 13.1. The Kier molecular flexibility index (Phi) is 4.98. The maximum Gasteiger partial charge on any atom is 0.262 e. The van der Waals surface area contributed by atoms with Crippen molar-refractivity contribution in [1.82, 2.24) is 0 Å². The molecule has 1 aliphatic rings. The van der Waals surface area contributed by atoms with Crippen LogP contribution >= 0.6 is 0 Å². The summed E-state index contributed by atoms with van der Waals surface area (Å²) in [6, 6.07) is 20.9. The lowest BCUT2D eigenvalue weighted by molar-refractivity contribution is -0.116. The zero-order valence-electron chi connectivity index (χ0n) is 15.8. The summed E-state index contributed by atoms with van der Waals surface area (Å²) in [5.41, 5.74) is 1.96. The molecule has 1 heterocycles. The summed E-state index contributed by atoms with van der Waals surface area (Å²) < 4.78 is 34.4. The molecule has 0 bridgehead atoms. The third kappa shape index (κ3) is 3.95. The van der Waals surface area contributed by atoms with Gasteiger partial charge in [-0.15, -0.1) is 0 Å². The average molecular weight is 408 g/mol. The Balaban J connectivity index is 1.61. The van der Waals surface area contributed by atoms with Crippen LogP contribution in [0.4, 0.5) is 11.4 Å². The average Bonchev–Trinajstić information content (AvgIpc) is 3.14. The molecule has 0 unspecified atom stereocenters. The maximum atomic E-state index is 13.0. The summed E-state index contributed by atoms with van der Waals surface area (Å²) in [6.07, 6.45) is 0.631. The third-order valence-electron chi connectivity index (χ3n) is 4.74. The second-order valence-electron chi connectivity index (χ2n) is 6.73. The Hall–Kier alpha value is -3.32. The van der Waals surface area contributed by atoms with E-state index >= 15 is 0 Å². The number of sulfonamides is 1. The van der Waals surface area contributed by atoms with E-state index in [2.05, 4.69) is 4.72 Å². The van der Waals surface area contributed by atoms with Crippen LogP contribution < -0.4 is 14.4 Å². The smallest absolute Gasteiger partial charge is 0.262 e. The molecular formula is C22H20N2O4S. The van der Waals surface area contributed by atoms with Gasteiger partial charge in [0.05, 0.1) is 10.6 Å². The van der Waals surface area contributed by atoms with E-state index in [4.69, 9.17) is 4.74 Å². The molecule has 0 aromatic heterocycles. The minimum atomic E-state index is -3.82. The number of anilines is 2. The number of ether oxygens (including phenoxy) is 1. The predicted molar refractivity (Wildman–Crippen MR) is 112 cm³/mol. The first kappa shape index (κ1) is 19.0. The molecule has 3 aromatic rings. The monoisotopic (exact) mass is 408 g/mol. The van der Waals surface area contributed by atoms with Crippen molar-refractivity contribution in [2.75, 3.05) is 16.2 Å². The van der Waals surface area contributed by atoms with Gasteiger partial charge in [-0.05, 0) is 54.4 Å². The minimum Gasteiger partial charge on any atom is -0.455 e. The highest BCUT2D eigenvalue weighted by Crippen LogP contribution is 2.33. The highest BCUT2D eigenvalue weighted by molar-refractivity contribution is 7.92. The fraction of sp³-hybridized carbons (Fsp3) is 0.136. The molecule has 0 spiro atoms. The number of fused-ring (bicyclic) bond motifs is 1. The molecule has 0 radical (unpaired) electrons. The van der Waals surface area contributed by atoms with Crippen LogP contribution in [0.3, 0.4) is 0 Å². The lowest BCUT2D eigenvalue weighted by Gasteiger charge is -2.16. The van der Waals surface area contributed by atoms with E-state index in [-0.39, 0.29) is 10.8 Å². The quantitative estimate of drug-likeness (QED) is 0.687. The highest BCUT2D eigenvalue weighted by atomic mass is 32.2. The van der Waals surface area contributed by atoms with Gasteiger partial charge in [-0.1, -0.05) is 30.3 Å². The van der Waals surface area contributed by atoms with Gasteiger partial charge in [-0.25, -0.2) is 8.42 Å². The minimum absolute atomic E-state index is 0.0514. The molecule has 7 heteroatoms. The maximum absolute atomic E-state index is 13.0. The largest absolute Gasteiger partial charge is 0.455 e. The molecule has 0 saturated heterocycles. The van der Waals surface area contributed by atoms with Crippen molar-refractivity contribution in [1.29, 1.82) is 0 Å². The van der Waals surface area contributed by atoms with Gasteiger partial charge >= 0.3 is 0 Å². The van der Waals surface area contributed by atoms with Gasteiger partial charge in [-0.3, -0.25) is 9.52 Å². The molecule has 0 fully saturated rings. The van der Waals surface area contributed by atoms with E-state index in [0.29, 0.717) is 30.2 Å². The van der Waals surface area contributed by atoms with Crippen molar-refractivity contribution in [3.63, 3.8) is 0 Å². The summed E-state index contributed by atoms with van der Waals surface area (Å²) in [6.45, 7) is 2.07. The molecule has 4 rings (SSSR count). The SMILES string of the molecule is CC(=O)N1CCc2cc(S(=O)(=O)Nc3ccccc3Oc3ccccc3)ccc21. The highest BCUT2D eigenvalue weighted by Gasteiger charge is 2.25. The van der Waals surface area contributed by atoms with Gasteiger partial charge in [0.15, 0.2) is 5.75 Å². The molecule has 1 N–H and O–H groups in total. The number of carbonyl (C=O) groups is 1. The number of hydrogen-bond donors (Lipinski definition) is 1. The van der Waals surface area contributed by atoms with Crippen LogP contribution in [0.15, 0.2) is 77.7 Å². The van der Waals surface area contributed by atoms with Crippen LogP contribution in [0.5, 0.6) is 11.5 Å². The van der Waals surface area contributed by atoms with E-state index in [1.165, 1.54) is 13.0 Å². The summed E-state index contributed by atoms with van der Waals surface area (Å²) >= 11 is 0. The van der Waals surface area contributed by atoms with E-state index in [0.717, 1.165) is 11.3 Å². The van der Waals surface area contributed by atoms with E-state index in [9.17, 15) is 13.2 Å². The Morgan fingerprint density at radius 3 is 2.48 bits per heavy atom. The van der Waals surface area contributed by atoms with Crippen LogP contribution in [0.2, 0.25) is 0 Å². The number of nitrogens with zero attached hydrogens (tertiary/aromatic N) is 1. The Bertz CT molecular complexity index is 1160. The second kappa shape index (κ2) is 7.60. The molecule has 29 heavy (non-hydrogen) atoms. The molecule has 0 atom stereocenters. The molecular weight excluding hydrogens is 388 g/mol. The lowest BCUT2D eigenvalue weighted by Crippen LogP contribution is -2.25. The fourth-order valence-corrected chi connectivity index (χ4v) is 4.45. The number of carbonyl (C=O) groups excluding carboxylic acids is 1. The van der Waals surface area contributed by atoms with Crippen LogP contribution in [0.25, 0.3) is 0 Å². The zero-order chi connectivity index (χ0) is 20.4. The number of para-hydroxylation sites is 3. The van der Waals surface area contributed by atoms with Crippen LogP contribution in [-0.4, -0.2) is 20.9 Å². The topological polar surface area (TPSA) is 75.7 Å². The van der Waals surface area contributed by atoms with E-state index in [1.807, 2.05) is 18.2 Å². The molecule has 0 saturated carbocycles. The van der Waals surface area contributed by atoms with Crippen molar-refractivity contribution in [2.24, 2.45) is 0 Å². The lowest BCUT2D eigenvalue weighted by atomic mass is 10.2. The number of benzene rings is 3. The first-order chi connectivity index (χ1) is 13.9. The van der Waals surface area contributed by atoms with Crippen molar-refractivity contribution in [2.45, 2.75) is 18.2 Å². The Morgan fingerprint density at radius 2 is 1.72 bits per heavy atom. The molecule has 3 aromatic carbocycles. The molecule has 1 amide bonds. The van der Waals surface area contributed by atoms with Crippen molar-refractivity contribution < 1.29 is 17.9 Å². The van der Waals surface area contributed by atoms with Crippen LogP contribution in [-0.2, 0) is 21.2 Å². The number of nitrogens with one attached hydrogen (secondary N) is 1. The first-order valence-electron chi connectivity index (χ1n) is 9.20. The van der Waals surface area contributed by atoms with Gasteiger partial charge < -0.3 is 9.64 Å². The van der Waals surface area contributed by atoms with Crippen molar-refractivity contribution in [3.8, 4) is 11.5 Å². The summed E-state index contributed by atoms with van der Waals surface area (Å²) in [7, 11) is -3.82. The predicted octanol–water partition coefficient (Wildman–Crippen LogP) is 4.19. The molecule has 1 aliphatic heterocycles. The molecule has 6 nitrogen and oxygen atoms in total. The summed E-state index contributed by atoms with van der Waals surface area (Å²) in [5.74, 6) is 0.969. The Labute approximate surface area is 169 Å². The van der Waals surface area contributed by atoms with E-state index in [1.54, 1.807) is 53.4 Å². The fourth-order valence-electron chi connectivity index (χ4n) is 3.33. The van der Waals surface area contributed by atoms with Gasteiger partial charge in [0.1, 0.15) is 5.75 Å². The standard InChI is InChI=1S/C22H20N2O4S/c1-16(25)24-14-13-17-15-19(11-12-21(17)24)29(26,27)23-20-9-5-6-10-22(20)28-18-7-3-2-4-8-18/h2-12,15,23H,13-14H2,1H3. The van der Waals surface area contributed by atoms with Crippen molar-refractivity contribution >= 4 is 27.3 Å². The first-order valence-corrected chi connectivity index (χ1v) is 10.7. The Morgan fingerprint density at radius 1 is 1.00 bits per heavy atom. The van der Waals surface area contributed by atoms with Gasteiger partial charge in [0, 0.05) is 19.2 Å². The van der Waals surface area contributed by atoms with Crippen LogP contribution in [0, 0.1) is 0 Å². The molecule has 0 aliphatic carbocycles. The number of rotatable bonds is 5. The van der Waals surface area contributed by atoms with Crippen LogP contribution in [0.1, 0.15) is 12.5 Å². The van der Waals surface area contributed by atoms with E-state index < -0.39 is 10.0 Å². The third-order valence-corrected chi connectivity index (χ3v) is 6.10. The summed E-state index contributed by atoms with van der Waals surface area (Å²) in [5, 5.41) is 0. The number of amides is 1. The van der Waals surface area contributed by atoms with Gasteiger partial charge in [-0.2, -0.15) is 0 Å².